The average molecular weight is 169 g/mol. The van der Waals surface area contributed by atoms with Crippen LogP contribution < -0.4 is 5.90 Å². The minimum absolute atomic E-state index is 0.119. The molecule has 0 saturated carbocycles. The van der Waals surface area contributed by atoms with Crippen molar-refractivity contribution in [2.45, 2.75) is 20.5 Å². The molecule has 1 aromatic rings. The Morgan fingerprint density at radius 1 is 1.42 bits per heavy atom. The number of nitrogens with two attached hydrogens (primary N) is 1. The van der Waals surface area contributed by atoms with Crippen molar-refractivity contribution in [3.8, 4) is 0 Å². The van der Waals surface area contributed by atoms with Crippen LogP contribution in [-0.2, 0) is 11.4 Å². The monoisotopic (exact) mass is 169 g/mol. The molecule has 0 aliphatic rings. The topological polar surface area (TPSA) is 35.2 Å². The van der Waals surface area contributed by atoms with Gasteiger partial charge in [0.1, 0.15) is 5.82 Å². The van der Waals surface area contributed by atoms with Crippen LogP contribution in [0.25, 0.3) is 0 Å². The molecule has 0 aromatic heterocycles. The van der Waals surface area contributed by atoms with Crippen molar-refractivity contribution in [3.63, 3.8) is 0 Å². The van der Waals surface area contributed by atoms with Gasteiger partial charge >= 0.3 is 0 Å². The second kappa shape index (κ2) is 3.65. The van der Waals surface area contributed by atoms with E-state index in [-0.39, 0.29) is 12.4 Å². The van der Waals surface area contributed by atoms with Crippen molar-refractivity contribution in [3.05, 3.63) is 34.6 Å². The van der Waals surface area contributed by atoms with Crippen molar-refractivity contribution in [2.75, 3.05) is 0 Å². The summed E-state index contributed by atoms with van der Waals surface area (Å²) < 4.78 is 13.2. The molecule has 0 atom stereocenters. The van der Waals surface area contributed by atoms with Gasteiger partial charge in [-0.2, -0.15) is 0 Å². The van der Waals surface area contributed by atoms with E-state index in [0.717, 1.165) is 5.56 Å². The Morgan fingerprint density at radius 3 is 2.67 bits per heavy atom. The lowest BCUT2D eigenvalue weighted by Gasteiger charge is -2.05. The fourth-order valence-corrected chi connectivity index (χ4v) is 1.23. The highest BCUT2D eigenvalue weighted by Gasteiger charge is 2.05. The summed E-state index contributed by atoms with van der Waals surface area (Å²) in [7, 11) is 0. The van der Waals surface area contributed by atoms with Crippen LogP contribution in [0.5, 0.6) is 0 Å². The molecular formula is C9H12FNO. The minimum Gasteiger partial charge on any atom is -0.300 e. The van der Waals surface area contributed by atoms with Crippen LogP contribution in [0, 0.1) is 19.7 Å². The third-order valence-corrected chi connectivity index (χ3v) is 1.71. The van der Waals surface area contributed by atoms with E-state index in [1.807, 2.05) is 6.92 Å². The van der Waals surface area contributed by atoms with Gasteiger partial charge in [-0.25, -0.2) is 10.3 Å². The molecule has 66 valence electrons. The van der Waals surface area contributed by atoms with Crippen molar-refractivity contribution in [1.82, 2.24) is 0 Å². The summed E-state index contributed by atoms with van der Waals surface area (Å²) in [6, 6.07) is 3.52. The molecule has 0 bridgehead atoms. The maximum Gasteiger partial charge on any atom is 0.131 e. The SMILES string of the molecule is Cc1cc(C)c(F)c(CON)c1. The van der Waals surface area contributed by atoms with E-state index in [0.29, 0.717) is 11.1 Å². The maximum absolute atomic E-state index is 13.2. The first-order chi connectivity index (χ1) is 5.65. The third-order valence-electron chi connectivity index (χ3n) is 1.71. The Labute approximate surface area is 71.1 Å². The molecule has 2 nitrogen and oxygen atoms in total. The highest BCUT2D eigenvalue weighted by molar-refractivity contribution is 5.30. The summed E-state index contributed by atoms with van der Waals surface area (Å²) in [5.74, 6) is 4.63. The molecule has 1 aromatic carbocycles. The van der Waals surface area contributed by atoms with Crippen LogP contribution in [0.2, 0.25) is 0 Å². The molecule has 0 unspecified atom stereocenters. The van der Waals surface area contributed by atoms with Gasteiger partial charge in [-0.1, -0.05) is 17.7 Å². The van der Waals surface area contributed by atoms with E-state index in [1.54, 1.807) is 19.1 Å². The lowest BCUT2D eigenvalue weighted by atomic mass is 10.1. The highest BCUT2D eigenvalue weighted by atomic mass is 19.1. The Balaban J connectivity index is 3.09. The number of aryl methyl sites for hydroxylation is 2. The molecule has 3 heteroatoms. The number of hydrogen-bond donors (Lipinski definition) is 1. The van der Waals surface area contributed by atoms with Crippen LogP contribution in [0.3, 0.4) is 0 Å². The third kappa shape index (κ3) is 1.81. The summed E-state index contributed by atoms with van der Waals surface area (Å²) >= 11 is 0. The molecule has 0 spiro atoms. The van der Waals surface area contributed by atoms with Crippen LogP contribution in [0.1, 0.15) is 16.7 Å². The van der Waals surface area contributed by atoms with E-state index >= 15 is 0 Å². The van der Waals surface area contributed by atoms with E-state index in [9.17, 15) is 4.39 Å². The Morgan fingerprint density at radius 2 is 2.08 bits per heavy atom. The number of hydrogen-bond acceptors (Lipinski definition) is 2. The molecule has 0 aliphatic carbocycles. The largest absolute Gasteiger partial charge is 0.300 e. The Bertz CT molecular complexity index is 286. The summed E-state index contributed by atoms with van der Waals surface area (Å²) in [5.41, 5.74) is 2.15. The van der Waals surface area contributed by atoms with Gasteiger partial charge in [0.15, 0.2) is 0 Å². The van der Waals surface area contributed by atoms with Crippen LogP contribution >= 0.6 is 0 Å². The highest BCUT2D eigenvalue weighted by Crippen LogP contribution is 2.15. The number of halogens is 1. The first-order valence-electron chi connectivity index (χ1n) is 3.72. The zero-order valence-corrected chi connectivity index (χ0v) is 7.23. The molecule has 2 N–H and O–H groups in total. The zero-order valence-electron chi connectivity index (χ0n) is 7.23. The smallest absolute Gasteiger partial charge is 0.131 e. The van der Waals surface area contributed by atoms with Crippen LogP contribution in [0.15, 0.2) is 12.1 Å². The van der Waals surface area contributed by atoms with E-state index in [2.05, 4.69) is 4.84 Å². The Kier molecular flexibility index (Phi) is 2.78. The molecule has 12 heavy (non-hydrogen) atoms. The molecule has 0 aliphatic heterocycles. The van der Waals surface area contributed by atoms with Crippen molar-refractivity contribution in [2.24, 2.45) is 5.90 Å². The first-order valence-corrected chi connectivity index (χ1v) is 3.72. The fraction of sp³-hybridized carbons (Fsp3) is 0.333. The molecule has 0 amide bonds. The van der Waals surface area contributed by atoms with E-state index < -0.39 is 0 Å². The Hall–Kier alpha value is -0.930. The second-order valence-electron chi connectivity index (χ2n) is 2.87. The van der Waals surface area contributed by atoms with Crippen molar-refractivity contribution in [1.29, 1.82) is 0 Å². The van der Waals surface area contributed by atoms with Gasteiger partial charge in [0.2, 0.25) is 0 Å². The molecule has 0 heterocycles. The minimum atomic E-state index is -0.231. The standard InChI is InChI=1S/C9H12FNO/c1-6-3-7(2)9(10)8(4-6)5-12-11/h3-4H,5,11H2,1-2H3. The molecule has 0 fully saturated rings. The summed E-state index contributed by atoms with van der Waals surface area (Å²) in [6.45, 7) is 3.75. The molecule has 0 radical (unpaired) electrons. The summed E-state index contributed by atoms with van der Waals surface area (Å²) in [4.78, 5) is 4.38. The lowest BCUT2D eigenvalue weighted by Crippen LogP contribution is -2.02. The zero-order chi connectivity index (χ0) is 9.14. The molecule has 1 rings (SSSR count). The van der Waals surface area contributed by atoms with Crippen LogP contribution in [-0.4, -0.2) is 0 Å². The average Bonchev–Trinajstić information content (AvgIpc) is 2.00. The molecule has 0 saturated heterocycles. The quantitative estimate of drug-likeness (QED) is 0.685. The van der Waals surface area contributed by atoms with Gasteiger partial charge in [-0.15, -0.1) is 0 Å². The molecular weight excluding hydrogens is 157 g/mol. The van der Waals surface area contributed by atoms with Gasteiger partial charge in [-0.05, 0) is 19.4 Å². The van der Waals surface area contributed by atoms with Gasteiger partial charge in [-0.3, -0.25) is 4.84 Å². The van der Waals surface area contributed by atoms with Crippen molar-refractivity contribution < 1.29 is 9.23 Å². The van der Waals surface area contributed by atoms with Gasteiger partial charge < -0.3 is 0 Å². The second-order valence-corrected chi connectivity index (χ2v) is 2.87. The van der Waals surface area contributed by atoms with Gasteiger partial charge in [0, 0.05) is 5.56 Å². The van der Waals surface area contributed by atoms with Crippen molar-refractivity contribution >= 4 is 0 Å². The summed E-state index contributed by atoms with van der Waals surface area (Å²) in [6.07, 6.45) is 0. The van der Waals surface area contributed by atoms with Gasteiger partial charge in [0.25, 0.3) is 0 Å². The van der Waals surface area contributed by atoms with E-state index in [4.69, 9.17) is 5.90 Å². The maximum atomic E-state index is 13.2. The van der Waals surface area contributed by atoms with Crippen LogP contribution in [0.4, 0.5) is 4.39 Å². The normalized spacial score (nSPS) is 10.3. The predicted molar refractivity (Wildman–Crippen MR) is 44.9 cm³/mol. The fourth-order valence-electron chi connectivity index (χ4n) is 1.23. The van der Waals surface area contributed by atoms with E-state index in [1.165, 1.54) is 0 Å². The predicted octanol–water partition coefficient (Wildman–Crippen LogP) is 1.83. The first kappa shape index (κ1) is 9.16. The number of rotatable bonds is 2. The number of benzene rings is 1. The van der Waals surface area contributed by atoms with Gasteiger partial charge in [0.05, 0.1) is 6.61 Å². The summed E-state index contributed by atoms with van der Waals surface area (Å²) in [5, 5.41) is 0. The lowest BCUT2D eigenvalue weighted by molar-refractivity contribution is 0.121.